The summed E-state index contributed by atoms with van der Waals surface area (Å²) >= 11 is 3.37. The molecule has 0 aliphatic rings. The number of benzene rings is 1. The smallest absolute Gasteiger partial charge is 0.274 e. The van der Waals surface area contributed by atoms with Crippen molar-refractivity contribution in [2.24, 2.45) is 0 Å². The summed E-state index contributed by atoms with van der Waals surface area (Å²) in [5.41, 5.74) is 3.94. The van der Waals surface area contributed by atoms with E-state index >= 15 is 0 Å². The van der Waals surface area contributed by atoms with Crippen LogP contribution in [-0.2, 0) is 0 Å². The number of carbonyl (C=O) groups is 1. The van der Waals surface area contributed by atoms with Crippen molar-refractivity contribution in [1.82, 2.24) is 9.38 Å². The minimum atomic E-state index is -0.161. The number of hydrogen-bond donors (Lipinski definition) is 1. The molecule has 0 unspecified atom stereocenters. The Labute approximate surface area is 131 Å². The third kappa shape index (κ3) is 2.69. The number of pyridine rings is 1. The summed E-state index contributed by atoms with van der Waals surface area (Å²) in [4.78, 5) is 16.9. The van der Waals surface area contributed by atoms with Crippen LogP contribution in [0.4, 0.5) is 5.69 Å². The maximum absolute atomic E-state index is 12.5. The van der Waals surface area contributed by atoms with Crippen LogP contribution < -0.4 is 5.32 Å². The molecule has 4 nitrogen and oxygen atoms in total. The van der Waals surface area contributed by atoms with E-state index in [-0.39, 0.29) is 5.91 Å². The first-order valence-electron chi connectivity index (χ1n) is 6.57. The average molecular weight is 344 g/mol. The van der Waals surface area contributed by atoms with Crippen molar-refractivity contribution in [2.75, 3.05) is 5.32 Å². The Kier molecular flexibility index (Phi) is 3.51. The second-order valence-corrected chi connectivity index (χ2v) is 5.85. The first-order valence-corrected chi connectivity index (χ1v) is 7.36. The molecule has 3 rings (SSSR count). The molecule has 21 heavy (non-hydrogen) atoms. The number of nitrogens with zero attached hydrogens (tertiary/aromatic N) is 2. The fourth-order valence-electron chi connectivity index (χ4n) is 2.26. The van der Waals surface area contributed by atoms with Gasteiger partial charge in [0.2, 0.25) is 0 Å². The van der Waals surface area contributed by atoms with Crippen molar-refractivity contribution in [3.63, 3.8) is 0 Å². The van der Waals surface area contributed by atoms with E-state index in [0.717, 1.165) is 27.1 Å². The lowest BCUT2D eigenvalue weighted by Gasteiger charge is -2.06. The number of rotatable bonds is 2. The summed E-state index contributed by atoms with van der Waals surface area (Å²) in [5.74, 6) is -0.161. The zero-order chi connectivity index (χ0) is 15.0. The number of halogens is 1. The molecule has 2 heterocycles. The minimum absolute atomic E-state index is 0.161. The molecule has 1 aromatic carbocycles. The zero-order valence-electron chi connectivity index (χ0n) is 11.7. The first kappa shape index (κ1) is 13.8. The fraction of sp³-hybridized carbons (Fsp3) is 0.125. The number of aromatic nitrogens is 2. The monoisotopic (exact) mass is 343 g/mol. The third-order valence-electron chi connectivity index (χ3n) is 3.27. The predicted octanol–water partition coefficient (Wildman–Crippen LogP) is 3.97. The molecule has 0 saturated carbocycles. The van der Waals surface area contributed by atoms with Crippen LogP contribution in [-0.4, -0.2) is 15.3 Å². The molecule has 5 heteroatoms. The van der Waals surface area contributed by atoms with Gasteiger partial charge in [0.15, 0.2) is 0 Å². The molecule has 0 spiro atoms. The molecule has 1 N–H and O–H groups in total. The zero-order valence-corrected chi connectivity index (χ0v) is 13.3. The topological polar surface area (TPSA) is 46.4 Å². The molecule has 3 aromatic rings. The van der Waals surface area contributed by atoms with Crippen LogP contribution in [0.2, 0.25) is 0 Å². The Bertz CT molecular complexity index is 821. The molecule has 1 amide bonds. The number of amides is 1. The standard InChI is InChI=1S/C16H14BrN3O/c1-10-7-8-20-14(9-10)18-11(2)15(20)16(21)19-13-5-3-12(17)4-6-13/h3-9H,1-2H3,(H,19,21). The van der Waals surface area contributed by atoms with Crippen LogP contribution in [0.1, 0.15) is 21.7 Å². The van der Waals surface area contributed by atoms with E-state index in [2.05, 4.69) is 26.2 Å². The second kappa shape index (κ2) is 5.33. The second-order valence-electron chi connectivity index (χ2n) is 4.94. The molecule has 0 aliphatic carbocycles. The Balaban J connectivity index is 1.97. The van der Waals surface area contributed by atoms with Crippen molar-refractivity contribution in [2.45, 2.75) is 13.8 Å². The maximum Gasteiger partial charge on any atom is 0.274 e. The van der Waals surface area contributed by atoms with E-state index in [1.54, 1.807) is 0 Å². The number of aryl methyl sites for hydroxylation is 2. The van der Waals surface area contributed by atoms with Gasteiger partial charge in [-0.3, -0.25) is 9.20 Å². The molecular formula is C16H14BrN3O. The molecule has 0 fully saturated rings. The Hall–Kier alpha value is -2.14. The van der Waals surface area contributed by atoms with Crippen LogP contribution in [0, 0.1) is 13.8 Å². The third-order valence-corrected chi connectivity index (χ3v) is 3.80. The summed E-state index contributed by atoms with van der Waals surface area (Å²) in [6.45, 7) is 3.85. The van der Waals surface area contributed by atoms with Gasteiger partial charge in [0.1, 0.15) is 11.3 Å². The minimum Gasteiger partial charge on any atom is -0.321 e. The number of nitrogens with one attached hydrogen (secondary N) is 1. The highest BCUT2D eigenvalue weighted by molar-refractivity contribution is 9.10. The summed E-state index contributed by atoms with van der Waals surface area (Å²) in [6.07, 6.45) is 1.88. The summed E-state index contributed by atoms with van der Waals surface area (Å²) < 4.78 is 2.79. The van der Waals surface area contributed by atoms with E-state index in [4.69, 9.17) is 0 Å². The fourth-order valence-corrected chi connectivity index (χ4v) is 2.53. The van der Waals surface area contributed by atoms with Crippen molar-refractivity contribution < 1.29 is 4.79 Å². The Morgan fingerprint density at radius 3 is 2.62 bits per heavy atom. The number of imidazole rings is 1. The van der Waals surface area contributed by atoms with E-state index in [1.165, 1.54) is 0 Å². The summed E-state index contributed by atoms with van der Waals surface area (Å²) in [6, 6.07) is 11.4. The highest BCUT2D eigenvalue weighted by Gasteiger charge is 2.16. The molecular weight excluding hydrogens is 330 g/mol. The van der Waals surface area contributed by atoms with Gasteiger partial charge in [-0.25, -0.2) is 4.98 Å². The van der Waals surface area contributed by atoms with Gasteiger partial charge in [-0.1, -0.05) is 15.9 Å². The number of anilines is 1. The Morgan fingerprint density at radius 2 is 1.90 bits per heavy atom. The van der Waals surface area contributed by atoms with Crippen molar-refractivity contribution in [3.05, 3.63) is 64.0 Å². The molecule has 0 bridgehead atoms. The van der Waals surface area contributed by atoms with Crippen LogP contribution in [0.5, 0.6) is 0 Å². The molecule has 0 radical (unpaired) electrons. The van der Waals surface area contributed by atoms with Crippen LogP contribution in [0.15, 0.2) is 47.1 Å². The lowest BCUT2D eigenvalue weighted by atomic mass is 10.2. The lowest BCUT2D eigenvalue weighted by Crippen LogP contribution is -2.15. The number of fused-ring (bicyclic) bond motifs is 1. The van der Waals surface area contributed by atoms with E-state index in [0.29, 0.717) is 5.69 Å². The van der Waals surface area contributed by atoms with Crippen molar-refractivity contribution in [1.29, 1.82) is 0 Å². The maximum atomic E-state index is 12.5. The number of carbonyl (C=O) groups excluding carboxylic acids is 1. The van der Waals surface area contributed by atoms with Gasteiger partial charge in [0.05, 0.1) is 5.69 Å². The molecule has 106 valence electrons. The van der Waals surface area contributed by atoms with Gasteiger partial charge in [-0.2, -0.15) is 0 Å². The van der Waals surface area contributed by atoms with Gasteiger partial charge >= 0.3 is 0 Å². The first-order chi connectivity index (χ1) is 10.0. The highest BCUT2D eigenvalue weighted by Crippen LogP contribution is 2.18. The SMILES string of the molecule is Cc1ccn2c(C(=O)Nc3ccc(Br)cc3)c(C)nc2c1. The molecule has 0 saturated heterocycles. The van der Waals surface area contributed by atoms with Crippen LogP contribution in [0.3, 0.4) is 0 Å². The van der Waals surface area contributed by atoms with Gasteiger partial charge < -0.3 is 5.32 Å². The summed E-state index contributed by atoms with van der Waals surface area (Å²) in [5, 5.41) is 2.90. The van der Waals surface area contributed by atoms with Gasteiger partial charge in [-0.15, -0.1) is 0 Å². The molecule has 0 atom stereocenters. The largest absolute Gasteiger partial charge is 0.321 e. The predicted molar refractivity (Wildman–Crippen MR) is 86.8 cm³/mol. The normalized spacial score (nSPS) is 10.8. The van der Waals surface area contributed by atoms with Gasteiger partial charge in [0, 0.05) is 16.4 Å². The van der Waals surface area contributed by atoms with E-state index in [9.17, 15) is 4.79 Å². The van der Waals surface area contributed by atoms with Crippen molar-refractivity contribution >= 4 is 33.2 Å². The van der Waals surface area contributed by atoms with Crippen molar-refractivity contribution in [3.8, 4) is 0 Å². The van der Waals surface area contributed by atoms with Gasteiger partial charge in [-0.05, 0) is 55.8 Å². The molecule has 2 aromatic heterocycles. The quantitative estimate of drug-likeness (QED) is 0.765. The van der Waals surface area contributed by atoms with Crippen LogP contribution >= 0.6 is 15.9 Å². The lowest BCUT2D eigenvalue weighted by molar-refractivity contribution is 0.102. The highest BCUT2D eigenvalue weighted by atomic mass is 79.9. The van der Waals surface area contributed by atoms with E-state index in [1.807, 2.05) is 60.8 Å². The van der Waals surface area contributed by atoms with E-state index < -0.39 is 0 Å². The summed E-state index contributed by atoms with van der Waals surface area (Å²) in [7, 11) is 0. The van der Waals surface area contributed by atoms with Gasteiger partial charge in [0.25, 0.3) is 5.91 Å². The number of hydrogen-bond acceptors (Lipinski definition) is 2. The van der Waals surface area contributed by atoms with Crippen LogP contribution in [0.25, 0.3) is 5.65 Å². The average Bonchev–Trinajstić information content (AvgIpc) is 2.76. The Morgan fingerprint density at radius 1 is 1.19 bits per heavy atom. The molecule has 0 aliphatic heterocycles.